The van der Waals surface area contributed by atoms with Gasteiger partial charge in [-0.3, -0.25) is 4.99 Å². The fourth-order valence-electron chi connectivity index (χ4n) is 2.06. The molecular weight excluding hydrogens is 250 g/mol. The number of aliphatic hydroxyl groups excluding tert-OH is 2. The molecule has 104 valence electrons. The lowest BCUT2D eigenvalue weighted by Crippen LogP contribution is -1.91. The van der Waals surface area contributed by atoms with E-state index >= 15 is 0 Å². The van der Waals surface area contributed by atoms with Gasteiger partial charge in [-0.05, 0) is 47.7 Å². The number of aliphatic hydroxyl groups is 2. The molecule has 0 aliphatic heterocycles. The summed E-state index contributed by atoms with van der Waals surface area (Å²) in [7, 11) is 0. The maximum atomic E-state index is 9.33. The lowest BCUT2D eigenvalue weighted by atomic mass is 10.0. The van der Waals surface area contributed by atoms with E-state index < -0.39 is 0 Å². The predicted molar refractivity (Wildman–Crippen MR) is 81.5 cm³/mol. The van der Waals surface area contributed by atoms with Crippen molar-refractivity contribution in [3.63, 3.8) is 0 Å². The van der Waals surface area contributed by atoms with Crippen molar-refractivity contribution in [2.75, 3.05) is 0 Å². The first-order valence-corrected chi connectivity index (χ1v) is 6.59. The summed E-state index contributed by atoms with van der Waals surface area (Å²) in [6.07, 6.45) is 1.80. The number of nitrogens with zero attached hydrogens (tertiary/aromatic N) is 1. The standard InChI is InChI=1S/C17H19NO2/c1-12-7-16(11-20)13(2)17(8-12)18-9-14-3-5-15(10-19)6-4-14/h3-9,19-20H,10-11H2,1-2H3/b18-9+. The summed E-state index contributed by atoms with van der Waals surface area (Å²) in [6, 6.07) is 11.6. The van der Waals surface area contributed by atoms with E-state index in [2.05, 4.69) is 4.99 Å². The number of rotatable bonds is 4. The van der Waals surface area contributed by atoms with E-state index in [4.69, 9.17) is 5.11 Å². The average molecular weight is 269 g/mol. The minimum Gasteiger partial charge on any atom is -0.392 e. The second-order valence-corrected chi connectivity index (χ2v) is 4.88. The molecule has 3 heteroatoms. The van der Waals surface area contributed by atoms with Crippen LogP contribution in [0.15, 0.2) is 41.4 Å². The van der Waals surface area contributed by atoms with Gasteiger partial charge in [0.1, 0.15) is 0 Å². The van der Waals surface area contributed by atoms with E-state index in [0.29, 0.717) is 0 Å². The van der Waals surface area contributed by atoms with Crippen molar-refractivity contribution in [2.24, 2.45) is 4.99 Å². The van der Waals surface area contributed by atoms with E-state index in [9.17, 15) is 5.11 Å². The molecule has 3 nitrogen and oxygen atoms in total. The molecule has 2 rings (SSSR count). The van der Waals surface area contributed by atoms with Crippen LogP contribution in [0.3, 0.4) is 0 Å². The molecule has 0 radical (unpaired) electrons. The Balaban J connectivity index is 2.28. The first kappa shape index (κ1) is 14.4. The van der Waals surface area contributed by atoms with Crippen LogP contribution in [0.1, 0.15) is 27.8 Å². The lowest BCUT2D eigenvalue weighted by Gasteiger charge is -2.07. The molecule has 2 N–H and O–H groups in total. The maximum Gasteiger partial charge on any atom is 0.0685 e. The van der Waals surface area contributed by atoms with Gasteiger partial charge in [-0.2, -0.15) is 0 Å². The fourth-order valence-corrected chi connectivity index (χ4v) is 2.06. The Morgan fingerprint density at radius 2 is 1.70 bits per heavy atom. The van der Waals surface area contributed by atoms with Gasteiger partial charge in [0.2, 0.25) is 0 Å². The molecule has 0 unspecified atom stereocenters. The fraction of sp³-hybridized carbons (Fsp3) is 0.235. The van der Waals surface area contributed by atoms with Crippen molar-refractivity contribution in [1.29, 1.82) is 0 Å². The Morgan fingerprint density at radius 3 is 2.30 bits per heavy atom. The van der Waals surface area contributed by atoms with Gasteiger partial charge in [0.05, 0.1) is 18.9 Å². The largest absolute Gasteiger partial charge is 0.392 e. The number of benzene rings is 2. The summed E-state index contributed by atoms with van der Waals surface area (Å²) in [4.78, 5) is 4.50. The zero-order valence-corrected chi connectivity index (χ0v) is 11.8. The Labute approximate surface area is 119 Å². The second-order valence-electron chi connectivity index (χ2n) is 4.88. The molecule has 0 heterocycles. The molecule has 0 fully saturated rings. The van der Waals surface area contributed by atoms with Crippen molar-refractivity contribution in [3.05, 3.63) is 64.2 Å². The van der Waals surface area contributed by atoms with E-state index in [1.165, 1.54) is 0 Å². The van der Waals surface area contributed by atoms with E-state index in [-0.39, 0.29) is 13.2 Å². The van der Waals surface area contributed by atoms with Crippen LogP contribution in [0, 0.1) is 13.8 Å². The molecule has 2 aromatic carbocycles. The quantitative estimate of drug-likeness (QED) is 0.838. The lowest BCUT2D eigenvalue weighted by molar-refractivity contribution is 0.281. The normalized spacial score (nSPS) is 11.2. The smallest absolute Gasteiger partial charge is 0.0685 e. The number of hydrogen-bond donors (Lipinski definition) is 2. The summed E-state index contributed by atoms with van der Waals surface area (Å²) < 4.78 is 0. The zero-order chi connectivity index (χ0) is 14.5. The van der Waals surface area contributed by atoms with Crippen molar-refractivity contribution in [1.82, 2.24) is 0 Å². The summed E-state index contributed by atoms with van der Waals surface area (Å²) in [5.74, 6) is 0. The molecule has 0 saturated carbocycles. The first-order valence-electron chi connectivity index (χ1n) is 6.59. The van der Waals surface area contributed by atoms with Gasteiger partial charge >= 0.3 is 0 Å². The van der Waals surface area contributed by atoms with Crippen LogP contribution < -0.4 is 0 Å². The Bertz CT molecular complexity index is 616. The predicted octanol–water partition coefficient (Wildman–Crippen LogP) is 3.04. The Kier molecular flexibility index (Phi) is 4.66. The van der Waals surface area contributed by atoms with Crippen LogP contribution >= 0.6 is 0 Å². The Morgan fingerprint density at radius 1 is 1.00 bits per heavy atom. The van der Waals surface area contributed by atoms with Crippen LogP contribution in [0.25, 0.3) is 0 Å². The SMILES string of the molecule is Cc1cc(CO)c(C)c(/N=C/c2ccc(CO)cc2)c1. The number of aryl methyl sites for hydroxylation is 1. The highest BCUT2D eigenvalue weighted by molar-refractivity contribution is 5.82. The van der Waals surface area contributed by atoms with Gasteiger partial charge in [0, 0.05) is 6.21 Å². The third kappa shape index (κ3) is 3.32. The first-order chi connectivity index (χ1) is 9.63. The molecule has 0 aromatic heterocycles. The van der Waals surface area contributed by atoms with E-state index in [1.54, 1.807) is 6.21 Å². The van der Waals surface area contributed by atoms with Crippen molar-refractivity contribution >= 4 is 11.9 Å². The highest BCUT2D eigenvalue weighted by Crippen LogP contribution is 2.24. The van der Waals surface area contributed by atoms with Gasteiger partial charge in [-0.15, -0.1) is 0 Å². The van der Waals surface area contributed by atoms with E-state index in [1.807, 2.05) is 50.2 Å². The molecular formula is C17H19NO2. The highest BCUT2D eigenvalue weighted by atomic mass is 16.3. The minimum absolute atomic E-state index is 0.0290. The summed E-state index contributed by atoms with van der Waals surface area (Å²) in [5, 5.41) is 18.3. The van der Waals surface area contributed by atoms with Crippen LogP contribution in [-0.2, 0) is 13.2 Å². The van der Waals surface area contributed by atoms with Gasteiger partial charge in [0.25, 0.3) is 0 Å². The van der Waals surface area contributed by atoms with Crippen LogP contribution in [0.2, 0.25) is 0 Å². The minimum atomic E-state index is 0.0290. The second kappa shape index (κ2) is 6.46. The van der Waals surface area contributed by atoms with Crippen LogP contribution in [0.5, 0.6) is 0 Å². The maximum absolute atomic E-state index is 9.33. The van der Waals surface area contributed by atoms with Crippen molar-refractivity contribution in [3.8, 4) is 0 Å². The molecule has 0 bridgehead atoms. The zero-order valence-electron chi connectivity index (χ0n) is 11.8. The third-order valence-electron chi connectivity index (χ3n) is 3.32. The van der Waals surface area contributed by atoms with Crippen molar-refractivity contribution in [2.45, 2.75) is 27.1 Å². The molecule has 20 heavy (non-hydrogen) atoms. The molecule has 0 saturated heterocycles. The Hall–Kier alpha value is -1.97. The third-order valence-corrected chi connectivity index (χ3v) is 3.32. The van der Waals surface area contributed by atoms with Crippen molar-refractivity contribution < 1.29 is 10.2 Å². The average Bonchev–Trinajstić information content (AvgIpc) is 2.48. The summed E-state index contributed by atoms with van der Waals surface area (Å²) >= 11 is 0. The van der Waals surface area contributed by atoms with E-state index in [0.717, 1.165) is 33.5 Å². The van der Waals surface area contributed by atoms with Gasteiger partial charge in [-0.25, -0.2) is 0 Å². The molecule has 0 spiro atoms. The molecule has 2 aromatic rings. The summed E-state index contributed by atoms with van der Waals surface area (Å²) in [5.41, 5.74) is 5.74. The topological polar surface area (TPSA) is 52.8 Å². The van der Waals surface area contributed by atoms with Gasteiger partial charge < -0.3 is 10.2 Å². The number of hydrogen-bond acceptors (Lipinski definition) is 3. The monoisotopic (exact) mass is 269 g/mol. The highest BCUT2D eigenvalue weighted by Gasteiger charge is 2.03. The summed E-state index contributed by atoms with van der Waals surface area (Å²) in [6.45, 7) is 4.04. The van der Waals surface area contributed by atoms with Crippen LogP contribution in [0.4, 0.5) is 5.69 Å². The molecule has 0 aliphatic rings. The van der Waals surface area contributed by atoms with Gasteiger partial charge in [0.15, 0.2) is 0 Å². The molecule has 0 aliphatic carbocycles. The molecule has 0 amide bonds. The number of aliphatic imine (C=N–C) groups is 1. The molecule has 0 atom stereocenters. The van der Waals surface area contributed by atoms with Gasteiger partial charge in [-0.1, -0.05) is 30.3 Å². The van der Waals surface area contributed by atoms with Crippen LogP contribution in [-0.4, -0.2) is 16.4 Å².